The maximum Gasteiger partial charge on any atom is 0.0554 e. The minimum Gasteiger partial charge on any atom is -0.295 e. The van der Waals surface area contributed by atoms with Crippen molar-refractivity contribution in [1.29, 1.82) is 0 Å². The number of halogens is 1. The van der Waals surface area contributed by atoms with E-state index in [-0.39, 0.29) is 0 Å². The molecule has 0 spiro atoms. The van der Waals surface area contributed by atoms with Crippen molar-refractivity contribution in [3.05, 3.63) is 82.3 Å². The van der Waals surface area contributed by atoms with Crippen LogP contribution >= 0.6 is 15.9 Å². The molecular formula is C22H22BrN3. The van der Waals surface area contributed by atoms with Crippen LogP contribution in [0.5, 0.6) is 0 Å². The number of fused-ring (bicyclic) bond motifs is 1. The molecule has 4 heteroatoms. The monoisotopic (exact) mass is 407 g/mol. The third-order valence-corrected chi connectivity index (χ3v) is 5.61. The number of nitrogens with zero attached hydrogens (tertiary/aromatic N) is 3. The summed E-state index contributed by atoms with van der Waals surface area (Å²) in [6.07, 6.45) is 1.95. The number of piperazine rings is 1. The van der Waals surface area contributed by atoms with Gasteiger partial charge in [0, 0.05) is 42.8 Å². The zero-order valence-electron chi connectivity index (χ0n) is 14.7. The van der Waals surface area contributed by atoms with Crippen LogP contribution in [0, 0.1) is 0 Å². The van der Waals surface area contributed by atoms with Crippen molar-refractivity contribution in [2.75, 3.05) is 26.2 Å². The molecule has 1 saturated heterocycles. The molecule has 1 aliphatic rings. The highest BCUT2D eigenvalue weighted by atomic mass is 79.9. The van der Waals surface area contributed by atoms with Gasteiger partial charge in [-0.2, -0.15) is 5.10 Å². The van der Waals surface area contributed by atoms with Crippen molar-refractivity contribution in [2.45, 2.75) is 6.54 Å². The first-order valence-corrected chi connectivity index (χ1v) is 9.81. The van der Waals surface area contributed by atoms with E-state index in [4.69, 9.17) is 0 Å². The standard InChI is InChI=1S/C22H22BrN3/c23-22-11-4-2-7-19(22)16-24-26-14-12-25(13-15-26)17-20-9-5-8-18-6-1-3-10-21(18)20/h1-11,16H,12-15,17H2/b24-16+. The number of hydrogen-bond donors (Lipinski definition) is 0. The normalized spacial score (nSPS) is 15.8. The van der Waals surface area contributed by atoms with Gasteiger partial charge >= 0.3 is 0 Å². The van der Waals surface area contributed by atoms with Crippen LogP contribution in [0.2, 0.25) is 0 Å². The van der Waals surface area contributed by atoms with E-state index in [1.165, 1.54) is 16.3 Å². The summed E-state index contributed by atoms with van der Waals surface area (Å²) in [7, 11) is 0. The summed E-state index contributed by atoms with van der Waals surface area (Å²) in [5, 5.41) is 9.51. The summed E-state index contributed by atoms with van der Waals surface area (Å²) in [6.45, 7) is 5.01. The molecule has 0 aliphatic carbocycles. The number of hydrazone groups is 1. The summed E-state index contributed by atoms with van der Waals surface area (Å²) in [4.78, 5) is 2.52. The van der Waals surface area contributed by atoms with E-state index in [1.54, 1.807) is 0 Å². The van der Waals surface area contributed by atoms with Crippen LogP contribution < -0.4 is 0 Å². The molecule has 0 radical (unpaired) electrons. The zero-order chi connectivity index (χ0) is 17.8. The van der Waals surface area contributed by atoms with Crippen LogP contribution in [0.15, 0.2) is 76.3 Å². The van der Waals surface area contributed by atoms with Gasteiger partial charge in [0.25, 0.3) is 0 Å². The van der Waals surface area contributed by atoms with Gasteiger partial charge in [0.15, 0.2) is 0 Å². The Hall–Kier alpha value is -2.17. The summed E-state index contributed by atoms with van der Waals surface area (Å²) < 4.78 is 1.08. The fourth-order valence-electron chi connectivity index (χ4n) is 3.41. The van der Waals surface area contributed by atoms with Crippen LogP contribution in [0.3, 0.4) is 0 Å². The Morgan fingerprint density at radius 1 is 0.846 bits per heavy atom. The lowest BCUT2D eigenvalue weighted by molar-refractivity contribution is 0.131. The molecule has 3 nitrogen and oxygen atoms in total. The molecule has 4 rings (SSSR count). The maximum absolute atomic E-state index is 4.66. The molecule has 0 unspecified atom stereocenters. The highest BCUT2D eigenvalue weighted by Gasteiger charge is 2.16. The smallest absolute Gasteiger partial charge is 0.0554 e. The summed E-state index contributed by atoms with van der Waals surface area (Å²) in [5.41, 5.74) is 2.53. The maximum atomic E-state index is 4.66. The van der Waals surface area contributed by atoms with Crippen LogP contribution in [-0.2, 0) is 6.54 Å². The zero-order valence-corrected chi connectivity index (χ0v) is 16.3. The second kappa shape index (κ2) is 8.02. The first-order valence-electron chi connectivity index (χ1n) is 9.02. The molecule has 3 aromatic carbocycles. The van der Waals surface area contributed by atoms with Gasteiger partial charge in [0.05, 0.1) is 6.21 Å². The molecule has 132 valence electrons. The third-order valence-electron chi connectivity index (χ3n) is 4.89. The highest BCUT2D eigenvalue weighted by molar-refractivity contribution is 9.10. The van der Waals surface area contributed by atoms with E-state index in [0.717, 1.165) is 42.8 Å². The van der Waals surface area contributed by atoms with E-state index in [9.17, 15) is 0 Å². The first-order chi connectivity index (χ1) is 12.8. The second-order valence-corrected chi connectivity index (χ2v) is 7.49. The van der Waals surface area contributed by atoms with Gasteiger partial charge in [-0.05, 0) is 22.4 Å². The van der Waals surface area contributed by atoms with Crippen molar-refractivity contribution in [2.24, 2.45) is 5.10 Å². The van der Waals surface area contributed by atoms with E-state index in [1.807, 2.05) is 24.4 Å². The predicted molar refractivity (Wildman–Crippen MR) is 113 cm³/mol. The number of hydrogen-bond acceptors (Lipinski definition) is 3. The number of rotatable bonds is 4. The Labute approximate surface area is 163 Å². The average molecular weight is 408 g/mol. The minimum atomic E-state index is 0.964. The van der Waals surface area contributed by atoms with Gasteiger partial charge in [0.1, 0.15) is 0 Å². The van der Waals surface area contributed by atoms with Crippen LogP contribution in [0.25, 0.3) is 10.8 Å². The van der Waals surface area contributed by atoms with E-state index in [2.05, 4.69) is 79.5 Å². The molecule has 1 aliphatic heterocycles. The average Bonchev–Trinajstić information content (AvgIpc) is 2.69. The van der Waals surface area contributed by atoms with Gasteiger partial charge in [-0.1, -0.05) is 76.6 Å². The van der Waals surface area contributed by atoms with Crippen molar-refractivity contribution in [1.82, 2.24) is 9.91 Å². The third kappa shape index (κ3) is 3.97. The summed E-state index contributed by atoms with van der Waals surface area (Å²) in [5.74, 6) is 0. The Morgan fingerprint density at radius 3 is 2.42 bits per heavy atom. The number of benzene rings is 3. The van der Waals surface area contributed by atoms with E-state index >= 15 is 0 Å². The summed E-state index contributed by atoms with van der Waals surface area (Å²) >= 11 is 3.57. The molecule has 0 bridgehead atoms. The largest absolute Gasteiger partial charge is 0.295 e. The Morgan fingerprint density at radius 2 is 1.58 bits per heavy atom. The Kier molecular flexibility index (Phi) is 5.32. The molecular weight excluding hydrogens is 386 g/mol. The fraction of sp³-hybridized carbons (Fsp3) is 0.227. The van der Waals surface area contributed by atoms with E-state index in [0.29, 0.717) is 0 Å². The van der Waals surface area contributed by atoms with E-state index < -0.39 is 0 Å². The Balaban J connectivity index is 1.37. The molecule has 1 fully saturated rings. The fourth-order valence-corrected chi connectivity index (χ4v) is 3.79. The highest BCUT2D eigenvalue weighted by Crippen LogP contribution is 2.20. The van der Waals surface area contributed by atoms with Crippen LogP contribution in [0.4, 0.5) is 0 Å². The topological polar surface area (TPSA) is 18.8 Å². The molecule has 0 N–H and O–H groups in total. The first kappa shape index (κ1) is 17.3. The van der Waals surface area contributed by atoms with Crippen molar-refractivity contribution in [3.63, 3.8) is 0 Å². The van der Waals surface area contributed by atoms with Crippen molar-refractivity contribution >= 4 is 32.9 Å². The molecule has 0 amide bonds. The SMILES string of the molecule is Brc1ccccc1/C=N/N1CCN(Cc2cccc3ccccc23)CC1. The Bertz CT molecular complexity index is 909. The molecule has 0 aromatic heterocycles. The van der Waals surface area contributed by atoms with Gasteiger partial charge in [-0.15, -0.1) is 0 Å². The quantitative estimate of drug-likeness (QED) is 0.580. The minimum absolute atomic E-state index is 0.964. The molecule has 26 heavy (non-hydrogen) atoms. The van der Waals surface area contributed by atoms with Crippen LogP contribution in [-0.4, -0.2) is 42.3 Å². The second-order valence-electron chi connectivity index (χ2n) is 6.63. The predicted octanol–water partition coefficient (Wildman–Crippen LogP) is 4.75. The van der Waals surface area contributed by atoms with Gasteiger partial charge in [-0.25, -0.2) is 0 Å². The molecule has 3 aromatic rings. The van der Waals surface area contributed by atoms with Gasteiger partial charge in [-0.3, -0.25) is 9.91 Å². The lowest BCUT2D eigenvalue weighted by Crippen LogP contribution is -2.43. The van der Waals surface area contributed by atoms with Crippen molar-refractivity contribution < 1.29 is 0 Å². The lowest BCUT2D eigenvalue weighted by atomic mass is 10.0. The summed E-state index contributed by atoms with van der Waals surface area (Å²) in [6, 6.07) is 23.4. The van der Waals surface area contributed by atoms with Gasteiger partial charge in [0.2, 0.25) is 0 Å². The van der Waals surface area contributed by atoms with Gasteiger partial charge < -0.3 is 0 Å². The lowest BCUT2D eigenvalue weighted by Gasteiger charge is -2.33. The van der Waals surface area contributed by atoms with Crippen molar-refractivity contribution in [3.8, 4) is 0 Å². The molecule has 1 heterocycles. The molecule has 0 saturated carbocycles. The molecule has 0 atom stereocenters. The van der Waals surface area contributed by atoms with Crippen LogP contribution in [0.1, 0.15) is 11.1 Å².